The molecule has 0 unspecified atom stereocenters. The molecule has 17 rings (SSSR count). The Morgan fingerprint density at radius 3 is 0.916 bits per heavy atom. The maximum Gasteiger partial charge on any atom is 0.219 e. The minimum atomic E-state index is -0.278. The molecule has 13 aromatic rings. The van der Waals surface area contributed by atoms with Crippen LogP contribution in [0.3, 0.4) is 0 Å². The van der Waals surface area contributed by atoms with Crippen molar-refractivity contribution in [3.8, 4) is 45.0 Å². The van der Waals surface area contributed by atoms with Crippen LogP contribution in [-0.2, 0) is 5.75 Å². The molecule has 16 nitrogen and oxygen atoms in total. The molecule has 0 amide bonds. The van der Waals surface area contributed by atoms with E-state index in [0.717, 1.165) is 197 Å². The van der Waals surface area contributed by atoms with E-state index in [2.05, 4.69) is 61.1 Å². The third kappa shape index (κ3) is 20.4. The van der Waals surface area contributed by atoms with E-state index in [4.69, 9.17) is 39.9 Å². The molecule has 4 atom stereocenters. The number of carbonyl (C=O) groups is 4. The number of benzene rings is 9. The number of thioether (sulfide) groups is 4. The summed E-state index contributed by atoms with van der Waals surface area (Å²) in [5, 5.41) is 0.145. The highest BCUT2D eigenvalue weighted by Gasteiger charge is 2.32. The molecular formula is C95H94F4N12O4S4. The van der Waals surface area contributed by atoms with Gasteiger partial charge in [-0.3, -0.25) is 19.2 Å². The van der Waals surface area contributed by atoms with Crippen molar-refractivity contribution in [3.05, 3.63) is 251 Å². The normalized spacial score (nSPS) is 16.4. The van der Waals surface area contributed by atoms with E-state index in [0.29, 0.717) is 74.6 Å². The molecule has 8 heterocycles. The van der Waals surface area contributed by atoms with Crippen LogP contribution in [0.15, 0.2) is 200 Å². The zero-order chi connectivity index (χ0) is 83.4. The van der Waals surface area contributed by atoms with Crippen molar-refractivity contribution in [2.75, 3.05) is 63.5 Å². The van der Waals surface area contributed by atoms with E-state index in [1.807, 2.05) is 91.9 Å². The number of hydrogen-bond donors (Lipinski definition) is 0. The van der Waals surface area contributed by atoms with E-state index in [9.17, 15) is 36.7 Å². The second-order valence-electron chi connectivity index (χ2n) is 30.8. The summed E-state index contributed by atoms with van der Waals surface area (Å²) in [5.74, 6) is 4.87. The smallest absolute Gasteiger partial charge is 0.219 e. The summed E-state index contributed by atoms with van der Waals surface area (Å²) in [6.07, 6.45) is 11.6. The van der Waals surface area contributed by atoms with Gasteiger partial charge in [-0.15, -0.1) is 0 Å². The Morgan fingerprint density at radius 2 is 0.647 bits per heavy atom. The highest BCUT2D eigenvalue weighted by molar-refractivity contribution is 8.14. The topological polar surface area (TPSA) is 184 Å². The van der Waals surface area contributed by atoms with E-state index >= 15 is 0 Å². The lowest BCUT2D eigenvalue weighted by Gasteiger charge is -2.25. The van der Waals surface area contributed by atoms with Gasteiger partial charge in [0.25, 0.3) is 0 Å². The van der Waals surface area contributed by atoms with Crippen molar-refractivity contribution >= 4 is 135 Å². The van der Waals surface area contributed by atoms with Crippen molar-refractivity contribution in [3.63, 3.8) is 0 Å². The molecular weight excluding hydrogens is 1580 g/mol. The van der Waals surface area contributed by atoms with Crippen molar-refractivity contribution in [2.45, 2.75) is 136 Å². The summed E-state index contributed by atoms with van der Waals surface area (Å²) in [4.78, 5) is 98.1. The van der Waals surface area contributed by atoms with Crippen molar-refractivity contribution in [2.24, 2.45) is 5.92 Å². The highest BCUT2D eigenvalue weighted by atomic mass is 32.2. The van der Waals surface area contributed by atoms with Gasteiger partial charge in [0.15, 0.2) is 23.3 Å². The van der Waals surface area contributed by atoms with Crippen LogP contribution >= 0.6 is 47.0 Å². The molecule has 0 spiro atoms. The van der Waals surface area contributed by atoms with Crippen molar-refractivity contribution in [1.82, 2.24) is 39.9 Å². The minimum absolute atomic E-state index is 0.0115. The minimum Gasteiger partial charge on any atom is -0.352 e. The first kappa shape index (κ1) is 84.8. The van der Waals surface area contributed by atoms with E-state index in [1.165, 1.54) is 95.6 Å². The zero-order valence-electron chi connectivity index (χ0n) is 67.9. The van der Waals surface area contributed by atoms with Crippen molar-refractivity contribution in [1.29, 1.82) is 0 Å². The van der Waals surface area contributed by atoms with Crippen LogP contribution < -0.4 is 19.6 Å². The number of carbonyl (C=O) groups excluding carboxylic acids is 4. The van der Waals surface area contributed by atoms with Gasteiger partial charge in [0.2, 0.25) is 20.5 Å². The number of halogens is 4. The number of hydrogen-bond acceptors (Lipinski definition) is 20. The van der Waals surface area contributed by atoms with E-state index in [-0.39, 0.29) is 43.7 Å². The predicted molar refractivity (Wildman–Crippen MR) is 483 cm³/mol. The van der Waals surface area contributed by atoms with Crippen LogP contribution in [0.25, 0.3) is 89.2 Å². The van der Waals surface area contributed by atoms with Gasteiger partial charge in [0.1, 0.15) is 46.0 Å². The molecule has 4 aliphatic rings. The van der Waals surface area contributed by atoms with Gasteiger partial charge in [-0.05, 0) is 279 Å². The fraction of sp³-hybridized carbons (Fsp3) is 0.305. The lowest BCUT2D eigenvalue weighted by molar-refractivity contribution is 0.108. The molecule has 0 aliphatic carbocycles. The molecule has 9 aromatic carbocycles. The average molecular weight is 1670 g/mol. The Bertz CT molecular complexity index is 5820. The lowest BCUT2D eigenvalue weighted by Crippen LogP contribution is -2.28. The van der Waals surface area contributed by atoms with E-state index < -0.39 is 0 Å². The van der Waals surface area contributed by atoms with Crippen LogP contribution in [0.1, 0.15) is 153 Å². The largest absolute Gasteiger partial charge is 0.352 e. The fourth-order valence-corrected chi connectivity index (χ4v) is 18.1. The molecule has 119 heavy (non-hydrogen) atoms. The van der Waals surface area contributed by atoms with Crippen LogP contribution in [-0.4, -0.2) is 128 Å². The van der Waals surface area contributed by atoms with Crippen LogP contribution in [0.4, 0.5) is 40.8 Å². The van der Waals surface area contributed by atoms with Gasteiger partial charge in [-0.1, -0.05) is 98.2 Å². The molecule has 0 N–H and O–H groups in total. The van der Waals surface area contributed by atoms with Crippen molar-refractivity contribution < 1.29 is 36.7 Å². The molecule has 0 radical (unpaired) electrons. The second-order valence-corrected chi connectivity index (χ2v) is 34.8. The number of fused-ring (bicyclic) bond motifs is 4. The molecule has 0 saturated carbocycles. The summed E-state index contributed by atoms with van der Waals surface area (Å²) in [6.45, 7) is 18.7. The molecule has 4 aliphatic heterocycles. The Balaban J connectivity index is 0.000000131. The maximum atomic E-state index is 13.5. The van der Waals surface area contributed by atoms with Crippen LogP contribution in [0.2, 0.25) is 0 Å². The highest BCUT2D eigenvalue weighted by Crippen LogP contribution is 2.41. The molecule has 24 heteroatoms. The SMILES string of the molecule is CC(C)CCSC(=O)c1ccc2nc(-c3ccc(F)cc3)c(N3CCC[C@@H]3C)nc2c1.CCSC(=O)c1ccc2nc(-c3ccc(F)cc3)c(N3CCC[C@@H]3C)nc2c1.CSC(=O)c1ccc2nc(-c3ccc(F)cc3)c(N3CCC[C@@H]3C)nc2c1.C[C@H]1CCCN1c1nc2cc(C(=O)SCc3ccccc3)ccc2nc1-c1ccc(F)cc1. The fourth-order valence-electron chi connectivity index (χ4n) is 15.3. The number of anilines is 4. The second kappa shape index (κ2) is 39.0. The number of rotatable bonds is 18. The van der Waals surface area contributed by atoms with Gasteiger partial charge >= 0.3 is 0 Å². The van der Waals surface area contributed by atoms with Gasteiger partial charge in [0, 0.05) is 106 Å². The summed E-state index contributed by atoms with van der Waals surface area (Å²) < 4.78 is 53.8. The number of nitrogens with zero attached hydrogens (tertiary/aromatic N) is 12. The maximum absolute atomic E-state index is 13.5. The monoisotopic (exact) mass is 1670 g/mol. The number of aromatic nitrogens is 8. The first-order valence-electron chi connectivity index (χ1n) is 40.6. The first-order valence-corrected chi connectivity index (χ1v) is 44.8. The predicted octanol–water partition coefficient (Wildman–Crippen LogP) is 23.1. The average Bonchev–Trinajstić information content (AvgIpc) is 1.73. The molecule has 0 bridgehead atoms. The lowest BCUT2D eigenvalue weighted by atomic mass is 10.1. The van der Waals surface area contributed by atoms with Gasteiger partial charge in [-0.25, -0.2) is 57.4 Å². The van der Waals surface area contributed by atoms with E-state index in [1.54, 1.807) is 73.0 Å². The van der Waals surface area contributed by atoms with Crippen LogP contribution in [0.5, 0.6) is 0 Å². The Kier molecular flexibility index (Phi) is 27.8. The summed E-state index contributed by atoms with van der Waals surface area (Å²) in [7, 11) is 0. The molecule has 610 valence electrons. The Labute approximate surface area is 708 Å². The van der Waals surface area contributed by atoms with Gasteiger partial charge < -0.3 is 19.6 Å². The van der Waals surface area contributed by atoms with Crippen LogP contribution in [0, 0.1) is 29.2 Å². The third-order valence-electron chi connectivity index (χ3n) is 21.9. The molecule has 4 fully saturated rings. The third-order valence-corrected chi connectivity index (χ3v) is 25.2. The summed E-state index contributed by atoms with van der Waals surface area (Å²) >= 11 is 5.13. The summed E-state index contributed by atoms with van der Waals surface area (Å²) in [5.41, 5.74) is 15.7. The Morgan fingerprint density at radius 1 is 0.361 bits per heavy atom. The standard InChI is InChI=1S/C27H24FN3OS.C25H28FN3OS.C22H22FN3OS.C21H20FN3OS/c1-18-6-5-15-31(18)26-25(20-9-12-22(28)13-10-20)29-23-14-11-21(16-24(23)30-26)27(32)33-17-19-7-3-2-4-8-19;1-16(2)12-14-31-25(30)19-8-11-21-22(15-19)28-24(29-13-4-5-17(29)3)23(27-21)18-6-9-20(26)10-7-18;1-3-28-22(27)16-8-11-18-19(13-16)25-21(26-12-4-5-14(26)2)20(24-18)15-6-9-17(23)10-7-15;1-13-4-3-11-25(13)20-19(14-5-8-16(22)9-6-14)23-17-10-7-15(21(26)27-2)12-18(17)24-20/h2-4,7-14,16,18H,5-6,15,17H2,1H3;6-11,15-17H,4-5,12-14H2,1-3H3;6-11,13-14H,3-5,12H2,1-2H3;5-10,12-13H,3-4,11H2,1-2H3/t18-;17-;14-;13-/m0000/s1. The molecule has 4 aromatic heterocycles. The first-order chi connectivity index (χ1) is 57.6. The van der Waals surface area contributed by atoms with Gasteiger partial charge in [0.05, 0.1) is 44.1 Å². The summed E-state index contributed by atoms with van der Waals surface area (Å²) in [6, 6.07) is 58.9. The Hall–Kier alpha value is -10.7. The molecule has 4 saturated heterocycles. The van der Waals surface area contributed by atoms with Gasteiger partial charge in [-0.2, -0.15) is 0 Å². The quantitative estimate of drug-likeness (QED) is 0.0738. The zero-order valence-corrected chi connectivity index (χ0v) is 71.2.